The molecule has 9 heteroatoms. The van der Waals surface area contributed by atoms with Crippen molar-refractivity contribution in [2.24, 2.45) is 0 Å². The van der Waals surface area contributed by atoms with E-state index in [1.54, 1.807) is 36.1 Å². The molecule has 0 unspecified atom stereocenters. The highest BCUT2D eigenvalue weighted by molar-refractivity contribution is 9.10. The quantitative estimate of drug-likeness (QED) is 0.486. The van der Waals surface area contributed by atoms with Crippen LogP contribution in [0.4, 0.5) is 15.8 Å². The molecule has 0 saturated carbocycles. The molecule has 1 amide bonds. The number of aliphatic hydroxyl groups is 1. The topological polar surface area (TPSA) is 95.7 Å². The third kappa shape index (κ3) is 6.09. The van der Waals surface area contributed by atoms with Crippen LogP contribution in [0.15, 0.2) is 40.9 Å². The molecule has 2 N–H and O–H groups in total. The first-order valence-electron chi connectivity index (χ1n) is 8.12. The fraction of sp³-hybridized carbons (Fsp3) is 0.278. The lowest BCUT2D eigenvalue weighted by Crippen LogP contribution is -2.35. The van der Waals surface area contributed by atoms with Gasteiger partial charge in [0.15, 0.2) is 0 Å². The number of carbonyl (C=O) groups excluding carboxylic acids is 1. The number of carbonyl (C=O) groups is 1. The normalized spacial score (nSPS) is 10.9. The number of nitrogens with zero attached hydrogens (tertiary/aromatic N) is 2. The van der Waals surface area contributed by atoms with E-state index in [0.29, 0.717) is 21.3 Å². The molecule has 0 aliphatic heterocycles. The van der Waals surface area contributed by atoms with Crippen molar-refractivity contribution >= 4 is 33.2 Å². The maximum atomic E-state index is 13.9. The number of aryl methyl sites for hydroxylation is 1. The van der Waals surface area contributed by atoms with Crippen LogP contribution in [0.2, 0.25) is 0 Å². The number of nitrogens with one attached hydrogen (secondary N) is 1. The molecule has 2 aromatic carbocycles. The van der Waals surface area contributed by atoms with Gasteiger partial charge in [-0.1, -0.05) is 22.0 Å². The van der Waals surface area contributed by atoms with Crippen LogP contribution in [-0.2, 0) is 11.3 Å². The third-order valence-electron chi connectivity index (χ3n) is 3.87. The van der Waals surface area contributed by atoms with Crippen LogP contribution in [-0.4, -0.2) is 40.5 Å². The molecule has 2 rings (SSSR count). The second-order valence-electron chi connectivity index (χ2n) is 5.98. The number of hydrogen-bond donors (Lipinski definition) is 2. The van der Waals surface area contributed by atoms with E-state index >= 15 is 0 Å². The highest BCUT2D eigenvalue weighted by Gasteiger charge is 2.16. The van der Waals surface area contributed by atoms with Gasteiger partial charge in [-0.05, 0) is 31.2 Å². The average Bonchev–Trinajstić information content (AvgIpc) is 2.59. The van der Waals surface area contributed by atoms with Crippen LogP contribution < -0.4 is 5.32 Å². The van der Waals surface area contributed by atoms with E-state index in [0.717, 1.165) is 0 Å². The number of nitro benzene ring substituents is 1. The van der Waals surface area contributed by atoms with Crippen molar-refractivity contribution < 1.29 is 19.2 Å². The number of anilines is 1. The number of amides is 1. The summed E-state index contributed by atoms with van der Waals surface area (Å²) in [5, 5.41) is 22.8. The first-order chi connectivity index (χ1) is 12.8. The SMILES string of the molecule is Cc1ccc(NC(=O)CN(CCO)Cc2cc(Br)ccc2F)cc1[N+](=O)[O-]. The summed E-state index contributed by atoms with van der Waals surface area (Å²) in [6, 6.07) is 8.92. The first kappa shape index (κ1) is 20.9. The van der Waals surface area contributed by atoms with E-state index in [9.17, 15) is 24.4 Å². The Morgan fingerprint density at radius 1 is 1.33 bits per heavy atom. The Morgan fingerprint density at radius 2 is 2.07 bits per heavy atom. The zero-order chi connectivity index (χ0) is 20.0. The lowest BCUT2D eigenvalue weighted by molar-refractivity contribution is -0.385. The van der Waals surface area contributed by atoms with E-state index in [4.69, 9.17) is 0 Å². The van der Waals surface area contributed by atoms with Gasteiger partial charge < -0.3 is 10.4 Å². The molecule has 7 nitrogen and oxygen atoms in total. The van der Waals surface area contributed by atoms with Gasteiger partial charge in [-0.15, -0.1) is 0 Å². The highest BCUT2D eigenvalue weighted by atomic mass is 79.9. The van der Waals surface area contributed by atoms with Crippen LogP contribution in [0.3, 0.4) is 0 Å². The van der Waals surface area contributed by atoms with Crippen molar-refractivity contribution in [3.8, 4) is 0 Å². The monoisotopic (exact) mass is 439 g/mol. The van der Waals surface area contributed by atoms with E-state index in [2.05, 4.69) is 21.2 Å². The Morgan fingerprint density at radius 3 is 2.74 bits per heavy atom. The average molecular weight is 440 g/mol. The zero-order valence-corrected chi connectivity index (χ0v) is 16.2. The van der Waals surface area contributed by atoms with E-state index in [1.165, 1.54) is 12.1 Å². The van der Waals surface area contributed by atoms with E-state index in [1.807, 2.05) is 0 Å². The lowest BCUT2D eigenvalue weighted by atomic mass is 10.2. The molecule has 0 atom stereocenters. The molecule has 27 heavy (non-hydrogen) atoms. The van der Waals surface area contributed by atoms with Crippen LogP contribution in [0.25, 0.3) is 0 Å². The minimum absolute atomic E-state index is 0.0868. The van der Waals surface area contributed by atoms with Gasteiger partial charge in [-0.2, -0.15) is 0 Å². The van der Waals surface area contributed by atoms with Crippen molar-refractivity contribution in [3.63, 3.8) is 0 Å². The maximum absolute atomic E-state index is 13.9. The largest absolute Gasteiger partial charge is 0.395 e. The minimum Gasteiger partial charge on any atom is -0.395 e. The summed E-state index contributed by atoms with van der Waals surface area (Å²) in [7, 11) is 0. The Labute approximate surface area is 164 Å². The van der Waals surface area contributed by atoms with Crippen LogP contribution in [0.5, 0.6) is 0 Å². The molecule has 2 aromatic rings. The molecule has 0 bridgehead atoms. The van der Waals surface area contributed by atoms with Crippen LogP contribution in [0.1, 0.15) is 11.1 Å². The molecule has 0 aromatic heterocycles. The summed E-state index contributed by atoms with van der Waals surface area (Å²) < 4.78 is 14.6. The van der Waals surface area contributed by atoms with Crippen LogP contribution in [0, 0.1) is 22.9 Å². The Kier molecular flexibility index (Phi) is 7.40. The van der Waals surface area contributed by atoms with Gasteiger partial charge in [0.05, 0.1) is 18.1 Å². The first-order valence-corrected chi connectivity index (χ1v) is 8.91. The number of halogens is 2. The summed E-state index contributed by atoms with van der Waals surface area (Å²) in [5.74, 6) is -0.826. The second kappa shape index (κ2) is 9.54. The van der Waals surface area contributed by atoms with Crippen molar-refractivity contribution in [1.82, 2.24) is 4.90 Å². The predicted octanol–water partition coefficient (Wildman–Crippen LogP) is 3.24. The molecule has 0 radical (unpaired) electrons. The fourth-order valence-electron chi connectivity index (χ4n) is 2.55. The molecule has 0 spiro atoms. The molecule has 0 fully saturated rings. The van der Waals surface area contributed by atoms with Gasteiger partial charge in [-0.25, -0.2) is 4.39 Å². The number of aliphatic hydroxyl groups excluding tert-OH is 1. The third-order valence-corrected chi connectivity index (χ3v) is 4.37. The molecule has 0 aliphatic carbocycles. The number of benzene rings is 2. The van der Waals surface area contributed by atoms with E-state index < -0.39 is 16.6 Å². The Bertz CT molecular complexity index is 847. The fourth-order valence-corrected chi connectivity index (χ4v) is 2.96. The maximum Gasteiger partial charge on any atom is 0.274 e. The molecule has 144 valence electrons. The number of hydrogen-bond acceptors (Lipinski definition) is 5. The number of nitro groups is 1. The van der Waals surface area contributed by atoms with Gasteiger partial charge in [0, 0.05) is 40.4 Å². The molecule has 0 aliphatic rings. The van der Waals surface area contributed by atoms with E-state index in [-0.39, 0.29) is 31.9 Å². The minimum atomic E-state index is -0.515. The predicted molar refractivity (Wildman–Crippen MR) is 103 cm³/mol. The lowest BCUT2D eigenvalue weighted by Gasteiger charge is -2.21. The Hall–Kier alpha value is -2.36. The van der Waals surface area contributed by atoms with Gasteiger partial charge in [0.25, 0.3) is 5.69 Å². The smallest absolute Gasteiger partial charge is 0.274 e. The van der Waals surface area contributed by atoms with Crippen LogP contribution >= 0.6 is 15.9 Å². The second-order valence-corrected chi connectivity index (χ2v) is 6.89. The van der Waals surface area contributed by atoms with Gasteiger partial charge >= 0.3 is 0 Å². The molecular formula is C18H19BrFN3O4. The summed E-state index contributed by atoms with van der Waals surface area (Å²) in [6.07, 6.45) is 0. The van der Waals surface area contributed by atoms with Gasteiger partial charge in [0.1, 0.15) is 5.82 Å². The standard InChI is InChI=1S/C18H19BrFN3O4/c1-12-2-4-15(9-17(12)23(26)27)21-18(25)11-22(6-7-24)10-13-8-14(19)3-5-16(13)20/h2-5,8-9,24H,6-7,10-11H2,1H3,(H,21,25). The summed E-state index contributed by atoms with van der Waals surface area (Å²) in [5.41, 5.74) is 1.09. The molecule has 0 heterocycles. The van der Waals surface area contributed by atoms with Crippen molar-refractivity contribution in [3.05, 3.63) is 67.9 Å². The molecule has 0 saturated heterocycles. The van der Waals surface area contributed by atoms with Gasteiger partial charge in [0.2, 0.25) is 5.91 Å². The van der Waals surface area contributed by atoms with Crippen molar-refractivity contribution in [2.75, 3.05) is 25.0 Å². The molecular weight excluding hydrogens is 421 g/mol. The van der Waals surface area contributed by atoms with Gasteiger partial charge in [-0.3, -0.25) is 19.8 Å². The van der Waals surface area contributed by atoms with Crippen molar-refractivity contribution in [1.29, 1.82) is 0 Å². The summed E-state index contributed by atoms with van der Waals surface area (Å²) in [4.78, 5) is 24.4. The number of rotatable bonds is 8. The summed E-state index contributed by atoms with van der Waals surface area (Å²) in [6.45, 7) is 1.62. The van der Waals surface area contributed by atoms with Crippen molar-refractivity contribution in [2.45, 2.75) is 13.5 Å². The summed E-state index contributed by atoms with van der Waals surface area (Å²) >= 11 is 3.28. The highest BCUT2D eigenvalue weighted by Crippen LogP contribution is 2.22. The zero-order valence-electron chi connectivity index (χ0n) is 14.6. The Balaban J connectivity index is 2.07.